The summed E-state index contributed by atoms with van der Waals surface area (Å²) in [5.41, 5.74) is 3.48. The second kappa shape index (κ2) is 7.95. The van der Waals surface area contributed by atoms with Crippen molar-refractivity contribution in [2.45, 2.75) is 20.3 Å². The maximum atomic E-state index is 11.5. The van der Waals surface area contributed by atoms with Crippen molar-refractivity contribution in [1.82, 2.24) is 0 Å². The number of benzene rings is 2. The van der Waals surface area contributed by atoms with Crippen LogP contribution >= 0.6 is 11.3 Å². The van der Waals surface area contributed by atoms with Crippen LogP contribution in [0.2, 0.25) is 0 Å². The molecule has 3 heteroatoms. The molecule has 2 nitrogen and oxygen atoms in total. The van der Waals surface area contributed by atoms with Crippen LogP contribution in [-0.4, -0.2) is 5.97 Å². The molecule has 0 spiro atoms. The molecule has 0 radical (unpaired) electrons. The van der Waals surface area contributed by atoms with Crippen molar-refractivity contribution >= 4 is 17.3 Å². The molecule has 1 aromatic heterocycles. The van der Waals surface area contributed by atoms with E-state index in [1.165, 1.54) is 21.4 Å². The number of allylic oxidation sites excluding steroid dienone is 1. The molecule has 0 saturated carbocycles. The highest BCUT2D eigenvalue weighted by molar-refractivity contribution is 7.15. The minimum atomic E-state index is -0.359. The molecule has 0 unspecified atom stereocenters. The summed E-state index contributed by atoms with van der Waals surface area (Å²) < 4.78 is 5.21. The van der Waals surface area contributed by atoms with E-state index in [0.29, 0.717) is 5.75 Å². The molecule has 0 amide bonds. The van der Waals surface area contributed by atoms with E-state index < -0.39 is 0 Å². The van der Waals surface area contributed by atoms with Crippen molar-refractivity contribution in [3.8, 4) is 27.3 Å². The fourth-order valence-corrected chi connectivity index (χ4v) is 3.50. The number of aryl methyl sites for hydroxylation is 1. The summed E-state index contributed by atoms with van der Waals surface area (Å²) in [4.78, 5) is 14.2. The molecule has 0 fully saturated rings. The summed E-state index contributed by atoms with van der Waals surface area (Å²) in [6.07, 6.45) is 4.14. The second-order valence-electron chi connectivity index (χ2n) is 5.64. The first kappa shape index (κ1) is 17.2. The van der Waals surface area contributed by atoms with E-state index in [-0.39, 0.29) is 5.97 Å². The third-order valence-corrected chi connectivity index (χ3v) is 5.17. The van der Waals surface area contributed by atoms with Crippen molar-refractivity contribution in [3.05, 3.63) is 77.7 Å². The third-order valence-electron chi connectivity index (χ3n) is 3.89. The molecule has 126 valence electrons. The molecule has 0 N–H and O–H groups in total. The Kier molecular flexibility index (Phi) is 5.46. The number of carbonyl (C=O) groups excluding carboxylic acids is 1. The van der Waals surface area contributed by atoms with Crippen LogP contribution < -0.4 is 4.74 Å². The number of carbonyl (C=O) groups is 1. The predicted molar refractivity (Wildman–Crippen MR) is 105 cm³/mol. The molecule has 0 atom stereocenters. The van der Waals surface area contributed by atoms with E-state index in [2.05, 4.69) is 43.3 Å². The average Bonchev–Trinajstić information content (AvgIpc) is 3.12. The Hall–Kier alpha value is -2.65. The Morgan fingerprint density at radius 2 is 1.52 bits per heavy atom. The monoisotopic (exact) mass is 348 g/mol. The number of ether oxygens (including phenoxy) is 1. The smallest absolute Gasteiger partial charge is 0.335 e. The normalized spacial score (nSPS) is 11.0. The zero-order chi connectivity index (χ0) is 17.6. The maximum Gasteiger partial charge on any atom is 0.335 e. The number of hydrogen-bond donors (Lipinski definition) is 0. The highest BCUT2D eigenvalue weighted by Gasteiger charge is 2.04. The van der Waals surface area contributed by atoms with Gasteiger partial charge >= 0.3 is 5.97 Å². The lowest BCUT2D eigenvalue weighted by Crippen LogP contribution is -2.03. The molecule has 0 aliphatic rings. The lowest BCUT2D eigenvalue weighted by atomic mass is 10.0. The van der Waals surface area contributed by atoms with Crippen LogP contribution in [-0.2, 0) is 11.2 Å². The van der Waals surface area contributed by atoms with Crippen molar-refractivity contribution in [2.75, 3.05) is 0 Å². The number of esters is 1. The van der Waals surface area contributed by atoms with Crippen LogP contribution in [0.1, 0.15) is 18.7 Å². The first-order chi connectivity index (χ1) is 12.2. The Bertz CT molecular complexity index is 871. The summed E-state index contributed by atoms with van der Waals surface area (Å²) in [7, 11) is 0. The highest BCUT2D eigenvalue weighted by atomic mass is 32.1. The Morgan fingerprint density at radius 3 is 2.08 bits per heavy atom. The average molecular weight is 348 g/mol. The van der Waals surface area contributed by atoms with Gasteiger partial charge in [0.05, 0.1) is 0 Å². The molecule has 0 saturated heterocycles. The Morgan fingerprint density at radius 1 is 0.920 bits per heavy atom. The Balaban J connectivity index is 1.74. The van der Waals surface area contributed by atoms with Crippen LogP contribution in [0.3, 0.4) is 0 Å². The molecule has 1 heterocycles. The van der Waals surface area contributed by atoms with Crippen molar-refractivity contribution in [3.63, 3.8) is 0 Å². The van der Waals surface area contributed by atoms with Crippen LogP contribution in [0.25, 0.3) is 21.6 Å². The molecule has 0 aliphatic heterocycles. The fourth-order valence-electron chi connectivity index (χ4n) is 2.55. The van der Waals surface area contributed by atoms with Gasteiger partial charge in [-0.05, 0) is 54.3 Å². The van der Waals surface area contributed by atoms with E-state index >= 15 is 0 Å². The summed E-state index contributed by atoms with van der Waals surface area (Å²) in [5.74, 6) is 0.191. The van der Waals surface area contributed by atoms with Gasteiger partial charge in [0.2, 0.25) is 0 Å². The van der Waals surface area contributed by atoms with Gasteiger partial charge in [0.1, 0.15) is 5.75 Å². The number of hydrogen-bond acceptors (Lipinski definition) is 3. The topological polar surface area (TPSA) is 26.3 Å². The minimum Gasteiger partial charge on any atom is -0.423 e. The molecule has 2 aromatic carbocycles. The van der Waals surface area contributed by atoms with Crippen LogP contribution in [0, 0.1) is 0 Å². The van der Waals surface area contributed by atoms with Gasteiger partial charge in [0.25, 0.3) is 0 Å². The van der Waals surface area contributed by atoms with Crippen molar-refractivity contribution < 1.29 is 9.53 Å². The van der Waals surface area contributed by atoms with Gasteiger partial charge in [-0.15, -0.1) is 11.3 Å². The third kappa shape index (κ3) is 4.25. The standard InChI is InChI=1S/C22H20O2S/c1-3-5-22(23)24-19-12-10-17(11-13-19)16-6-8-18(9-7-16)21-15-14-20(4-2)25-21/h3,5-15H,4H2,1-2H3. The van der Waals surface area contributed by atoms with Crippen molar-refractivity contribution in [2.24, 2.45) is 0 Å². The van der Waals surface area contributed by atoms with E-state index in [4.69, 9.17) is 4.74 Å². The van der Waals surface area contributed by atoms with E-state index in [1.807, 2.05) is 35.6 Å². The van der Waals surface area contributed by atoms with Crippen LogP contribution in [0.5, 0.6) is 5.75 Å². The van der Waals surface area contributed by atoms with Gasteiger partial charge in [0.15, 0.2) is 0 Å². The Labute approximate surface area is 152 Å². The predicted octanol–water partition coefficient (Wildman–Crippen LogP) is 6.13. The second-order valence-corrected chi connectivity index (χ2v) is 6.81. The van der Waals surface area contributed by atoms with Gasteiger partial charge in [-0.3, -0.25) is 0 Å². The van der Waals surface area contributed by atoms with E-state index in [0.717, 1.165) is 17.5 Å². The maximum absolute atomic E-state index is 11.5. The van der Waals surface area contributed by atoms with Crippen LogP contribution in [0.4, 0.5) is 0 Å². The van der Waals surface area contributed by atoms with Gasteiger partial charge in [0, 0.05) is 15.8 Å². The molecule has 0 bridgehead atoms. The molecule has 25 heavy (non-hydrogen) atoms. The van der Waals surface area contributed by atoms with Gasteiger partial charge in [-0.2, -0.15) is 0 Å². The lowest BCUT2D eigenvalue weighted by molar-refractivity contribution is -0.129. The first-order valence-corrected chi connectivity index (χ1v) is 9.15. The number of thiophene rings is 1. The van der Waals surface area contributed by atoms with Crippen LogP contribution in [0.15, 0.2) is 72.8 Å². The summed E-state index contributed by atoms with van der Waals surface area (Å²) >= 11 is 1.85. The largest absolute Gasteiger partial charge is 0.423 e. The van der Waals surface area contributed by atoms with Crippen molar-refractivity contribution in [1.29, 1.82) is 0 Å². The van der Waals surface area contributed by atoms with Gasteiger partial charge in [-0.1, -0.05) is 49.4 Å². The van der Waals surface area contributed by atoms with Gasteiger partial charge in [-0.25, -0.2) is 4.79 Å². The van der Waals surface area contributed by atoms with Gasteiger partial charge < -0.3 is 4.74 Å². The molecule has 3 aromatic rings. The highest BCUT2D eigenvalue weighted by Crippen LogP contribution is 2.30. The first-order valence-electron chi connectivity index (χ1n) is 8.33. The number of rotatable bonds is 5. The zero-order valence-corrected chi connectivity index (χ0v) is 15.2. The molecular weight excluding hydrogens is 328 g/mol. The minimum absolute atomic E-state index is 0.359. The summed E-state index contributed by atoms with van der Waals surface area (Å²) in [6.45, 7) is 3.96. The van der Waals surface area contributed by atoms with E-state index in [9.17, 15) is 4.79 Å². The van der Waals surface area contributed by atoms with E-state index in [1.54, 1.807) is 13.0 Å². The summed E-state index contributed by atoms with van der Waals surface area (Å²) in [5, 5.41) is 0. The molecule has 3 rings (SSSR count). The quantitative estimate of drug-likeness (QED) is 0.315. The fraction of sp³-hybridized carbons (Fsp3) is 0.136. The lowest BCUT2D eigenvalue weighted by Gasteiger charge is -2.05. The molecule has 0 aliphatic carbocycles. The molecular formula is C22H20O2S. The SMILES string of the molecule is CC=CC(=O)Oc1ccc(-c2ccc(-c3ccc(CC)s3)cc2)cc1. The zero-order valence-electron chi connectivity index (χ0n) is 14.4. The summed E-state index contributed by atoms with van der Waals surface area (Å²) in [6, 6.07) is 20.5.